The molecule has 1 saturated carbocycles. The third kappa shape index (κ3) is 1.58. The van der Waals surface area contributed by atoms with Gasteiger partial charge in [0.05, 0.1) is 6.54 Å². The molecule has 4 heteroatoms. The fraction of sp³-hybridized carbons (Fsp3) is 0.636. The molecule has 2 rings (SSSR count). The summed E-state index contributed by atoms with van der Waals surface area (Å²) in [6, 6.07) is 0. The van der Waals surface area contributed by atoms with Crippen LogP contribution in [-0.2, 0) is 9.59 Å². The van der Waals surface area contributed by atoms with Gasteiger partial charge in [0.15, 0.2) is 0 Å². The van der Waals surface area contributed by atoms with E-state index in [0.717, 1.165) is 25.7 Å². The van der Waals surface area contributed by atoms with Crippen LogP contribution in [0.3, 0.4) is 0 Å². The summed E-state index contributed by atoms with van der Waals surface area (Å²) < 4.78 is 0. The zero-order chi connectivity index (χ0) is 10.9. The predicted molar refractivity (Wildman–Crippen MR) is 54.8 cm³/mol. The van der Waals surface area contributed by atoms with Crippen LogP contribution in [0.4, 0.5) is 0 Å². The minimum Gasteiger partial charge on any atom is -0.340 e. The second-order valence-electron chi connectivity index (χ2n) is 4.20. The van der Waals surface area contributed by atoms with E-state index in [1.54, 1.807) is 0 Å². The lowest BCUT2D eigenvalue weighted by atomic mass is 9.93. The first kappa shape index (κ1) is 10.0. The molecule has 1 N–H and O–H groups in total. The molecule has 1 heterocycles. The third-order valence-corrected chi connectivity index (χ3v) is 3.15. The quantitative estimate of drug-likeness (QED) is 0.609. The lowest BCUT2D eigenvalue weighted by Gasteiger charge is -2.38. The van der Waals surface area contributed by atoms with E-state index in [0.29, 0.717) is 0 Å². The molecule has 0 atom stereocenters. The third-order valence-electron chi connectivity index (χ3n) is 3.15. The van der Waals surface area contributed by atoms with Crippen LogP contribution < -0.4 is 5.32 Å². The van der Waals surface area contributed by atoms with Gasteiger partial charge in [0.1, 0.15) is 12.1 Å². The Morgan fingerprint density at radius 3 is 2.67 bits per heavy atom. The normalized spacial score (nSPS) is 24.1. The van der Waals surface area contributed by atoms with Crippen LogP contribution in [-0.4, -0.2) is 35.3 Å². The number of carbonyl (C=O) groups is 2. The summed E-state index contributed by atoms with van der Waals surface area (Å²) in [5, 5.41) is 2.83. The van der Waals surface area contributed by atoms with Gasteiger partial charge in [0, 0.05) is 0 Å². The first-order valence-corrected chi connectivity index (χ1v) is 5.22. The fourth-order valence-corrected chi connectivity index (χ4v) is 2.46. The lowest BCUT2D eigenvalue weighted by Crippen LogP contribution is -2.65. The molecule has 15 heavy (non-hydrogen) atoms. The van der Waals surface area contributed by atoms with Gasteiger partial charge in [-0.25, -0.2) is 0 Å². The van der Waals surface area contributed by atoms with E-state index in [4.69, 9.17) is 6.42 Å². The molecule has 1 spiro atoms. The Morgan fingerprint density at radius 2 is 2.07 bits per heavy atom. The van der Waals surface area contributed by atoms with Crippen LogP contribution in [0.15, 0.2) is 0 Å². The highest BCUT2D eigenvalue weighted by Gasteiger charge is 2.47. The van der Waals surface area contributed by atoms with Crippen LogP contribution >= 0.6 is 0 Å². The van der Waals surface area contributed by atoms with Gasteiger partial charge in [0.25, 0.3) is 0 Å². The predicted octanol–water partition coefficient (Wildman–Crippen LogP) is -0.109. The minimum atomic E-state index is -0.633. The highest BCUT2D eigenvalue weighted by molar-refractivity contribution is 5.98. The molecule has 0 aromatic carbocycles. The average molecular weight is 206 g/mol. The standard InChI is InChI=1S/C11H14N2O2/c1-2-7-13-8-9(14)12-11(10(13)15)5-3-4-6-11/h1H,3-8H2,(H,12,14). The van der Waals surface area contributed by atoms with E-state index in [9.17, 15) is 9.59 Å². The van der Waals surface area contributed by atoms with Gasteiger partial charge in [-0.15, -0.1) is 6.42 Å². The number of rotatable bonds is 1. The Morgan fingerprint density at radius 1 is 1.40 bits per heavy atom. The molecule has 1 saturated heterocycles. The maximum atomic E-state index is 12.1. The monoisotopic (exact) mass is 206 g/mol. The molecule has 0 aromatic heterocycles. The number of piperazine rings is 1. The molecule has 2 amide bonds. The summed E-state index contributed by atoms with van der Waals surface area (Å²) in [7, 11) is 0. The highest BCUT2D eigenvalue weighted by atomic mass is 16.2. The Bertz CT molecular complexity index is 337. The van der Waals surface area contributed by atoms with Gasteiger partial charge >= 0.3 is 0 Å². The number of nitrogens with zero attached hydrogens (tertiary/aromatic N) is 1. The Balaban J connectivity index is 2.22. The van der Waals surface area contributed by atoms with E-state index in [1.807, 2.05) is 0 Å². The van der Waals surface area contributed by atoms with Gasteiger partial charge < -0.3 is 10.2 Å². The number of hydrogen-bond donors (Lipinski definition) is 1. The van der Waals surface area contributed by atoms with Crippen LogP contribution in [0.25, 0.3) is 0 Å². The maximum absolute atomic E-state index is 12.1. The van der Waals surface area contributed by atoms with E-state index >= 15 is 0 Å². The summed E-state index contributed by atoms with van der Waals surface area (Å²) >= 11 is 0. The number of carbonyl (C=O) groups excluding carboxylic acids is 2. The van der Waals surface area contributed by atoms with Crippen molar-refractivity contribution in [3.63, 3.8) is 0 Å². The van der Waals surface area contributed by atoms with Crippen molar-refractivity contribution in [1.82, 2.24) is 10.2 Å². The molecule has 2 fully saturated rings. The Labute approximate surface area is 89.0 Å². The molecular weight excluding hydrogens is 192 g/mol. The number of hydrogen-bond acceptors (Lipinski definition) is 2. The molecule has 1 aliphatic carbocycles. The summed E-state index contributed by atoms with van der Waals surface area (Å²) in [5.41, 5.74) is -0.633. The molecule has 2 aliphatic rings. The molecule has 0 radical (unpaired) electrons. The number of nitrogens with one attached hydrogen (secondary N) is 1. The summed E-state index contributed by atoms with van der Waals surface area (Å²) in [4.78, 5) is 25.1. The first-order chi connectivity index (χ1) is 7.18. The van der Waals surface area contributed by atoms with Crippen molar-refractivity contribution in [3.8, 4) is 12.3 Å². The second kappa shape index (κ2) is 3.58. The Hall–Kier alpha value is -1.50. The first-order valence-electron chi connectivity index (χ1n) is 5.22. The van der Waals surface area contributed by atoms with Gasteiger partial charge in [0.2, 0.25) is 11.8 Å². The largest absolute Gasteiger partial charge is 0.340 e. The topological polar surface area (TPSA) is 49.4 Å². The van der Waals surface area contributed by atoms with Crippen LogP contribution in [0, 0.1) is 12.3 Å². The molecule has 0 unspecified atom stereocenters. The summed E-state index contributed by atoms with van der Waals surface area (Å²) in [6.45, 7) is 0.332. The molecule has 0 aromatic rings. The molecule has 0 bridgehead atoms. The zero-order valence-corrected chi connectivity index (χ0v) is 8.58. The van der Waals surface area contributed by atoms with Crippen LogP contribution in [0.5, 0.6) is 0 Å². The van der Waals surface area contributed by atoms with Gasteiger partial charge in [-0.2, -0.15) is 0 Å². The highest BCUT2D eigenvalue weighted by Crippen LogP contribution is 2.33. The van der Waals surface area contributed by atoms with Crippen LogP contribution in [0.2, 0.25) is 0 Å². The molecule has 80 valence electrons. The van der Waals surface area contributed by atoms with Crippen LogP contribution in [0.1, 0.15) is 25.7 Å². The van der Waals surface area contributed by atoms with E-state index < -0.39 is 5.54 Å². The zero-order valence-electron chi connectivity index (χ0n) is 8.58. The summed E-state index contributed by atoms with van der Waals surface area (Å²) in [6.07, 6.45) is 8.67. The van der Waals surface area contributed by atoms with Gasteiger partial charge in [-0.1, -0.05) is 18.8 Å². The number of terminal acetylenes is 1. The van der Waals surface area contributed by atoms with Crippen molar-refractivity contribution >= 4 is 11.8 Å². The fourth-order valence-electron chi connectivity index (χ4n) is 2.46. The molecule has 4 nitrogen and oxygen atoms in total. The van der Waals surface area contributed by atoms with Gasteiger partial charge in [-0.05, 0) is 12.8 Å². The van der Waals surface area contributed by atoms with Gasteiger partial charge in [-0.3, -0.25) is 9.59 Å². The smallest absolute Gasteiger partial charge is 0.249 e. The summed E-state index contributed by atoms with van der Waals surface area (Å²) in [5.74, 6) is 2.33. The lowest BCUT2D eigenvalue weighted by molar-refractivity contribution is -0.149. The van der Waals surface area contributed by atoms with Crippen molar-refractivity contribution < 1.29 is 9.59 Å². The van der Waals surface area contributed by atoms with Crippen molar-refractivity contribution in [2.24, 2.45) is 0 Å². The maximum Gasteiger partial charge on any atom is 0.249 e. The molecule has 1 aliphatic heterocycles. The van der Waals surface area contributed by atoms with Crippen molar-refractivity contribution in [3.05, 3.63) is 0 Å². The van der Waals surface area contributed by atoms with E-state index in [1.165, 1.54) is 4.90 Å². The SMILES string of the molecule is C#CCN1CC(=O)NC2(CCCC2)C1=O. The van der Waals surface area contributed by atoms with Crippen molar-refractivity contribution in [1.29, 1.82) is 0 Å². The van der Waals surface area contributed by atoms with Crippen molar-refractivity contribution in [2.75, 3.05) is 13.1 Å². The molecular formula is C11H14N2O2. The average Bonchev–Trinajstić information content (AvgIpc) is 2.64. The van der Waals surface area contributed by atoms with E-state index in [2.05, 4.69) is 11.2 Å². The van der Waals surface area contributed by atoms with Crippen molar-refractivity contribution in [2.45, 2.75) is 31.2 Å². The second-order valence-corrected chi connectivity index (χ2v) is 4.20. The Kier molecular flexibility index (Phi) is 2.39. The number of amides is 2. The van der Waals surface area contributed by atoms with E-state index in [-0.39, 0.29) is 24.9 Å². The minimum absolute atomic E-state index is 0.00227.